The molecule has 2 aromatic carbocycles. The number of nitro benzene ring substituents is 1. The molecule has 0 saturated heterocycles. The number of Topliss-reactive ketones (excluding diaryl/α,β-unsaturated/α-hetero) is 1. The fraction of sp³-hybridized carbons (Fsp3) is 0.273. The van der Waals surface area contributed by atoms with E-state index in [0.29, 0.717) is 17.3 Å². The third-order valence-electron chi connectivity index (χ3n) is 4.80. The summed E-state index contributed by atoms with van der Waals surface area (Å²) in [6, 6.07) is 10.8. The quantitative estimate of drug-likeness (QED) is 0.137. The molecule has 0 saturated carbocycles. The molecule has 182 valence electrons. The summed E-state index contributed by atoms with van der Waals surface area (Å²) in [4.78, 5) is 46.8. The van der Waals surface area contributed by atoms with Gasteiger partial charge in [-0.3, -0.25) is 19.7 Å². The van der Waals surface area contributed by atoms with Crippen LogP contribution in [0.3, 0.4) is 0 Å². The van der Waals surface area contributed by atoms with E-state index in [1.807, 2.05) is 0 Å². The number of nitro groups is 1. The lowest BCUT2D eigenvalue weighted by Gasteiger charge is -2.07. The van der Waals surface area contributed by atoms with Crippen molar-refractivity contribution < 1.29 is 24.0 Å². The molecule has 35 heavy (non-hydrogen) atoms. The average Bonchev–Trinajstić information content (AvgIpc) is 3.24. The Morgan fingerprint density at radius 1 is 1.14 bits per heavy atom. The molecule has 0 spiro atoms. The standard InChI is InChI=1S/C22H22N6O6S/c1-14(29)23-11-3-4-15-5-7-16(8-6-15)19(30)13-34-21(31)17-9-10-20(18(12-17)28(32)33)35-22-24-25-26-27(22)2/h5-10,12H,3-4,11,13H2,1-2H3,(H,23,29). The molecule has 0 atom stereocenters. The number of carbonyl (C=O) groups excluding carboxylic acids is 3. The molecule has 3 aromatic rings. The highest BCUT2D eigenvalue weighted by Gasteiger charge is 2.21. The molecule has 0 aliphatic rings. The van der Waals surface area contributed by atoms with E-state index in [1.165, 1.54) is 23.7 Å². The Labute approximate surface area is 204 Å². The number of amides is 1. The monoisotopic (exact) mass is 498 g/mol. The lowest BCUT2D eigenvalue weighted by atomic mass is 10.1. The van der Waals surface area contributed by atoms with Gasteiger partial charge in [0.05, 0.1) is 15.4 Å². The van der Waals surface area contributed by atoms with Crippen molar-refractivity contribution in [2.75, 3.05) is 13.2 Å². The predicted octanol–water partition coefficient (Wildman–Crippen LogP) is 2.38. The molecule has 0 radical (unpaired) electrons. The highest BCUT2D eigenvalue weighted by molar-refractivity contribution is 7.99. The minimum absolute atomic E-state index is 0.0561. The van der Waals surface area contributed by atoms with Gasteiger partial charge in [-0.25, -0.2) is 9.48 Å². The maximum Gasteiger partial charge on any atom is 0.338 e. The van der Waals surface area contributed by atoms with Crippen LogP contribution in [0.15, 0.2) is 52.5 Å². The first-order chi connectivity index (χ1) is 16.7. The van der Waals surface area contributed by atoms with E-state index in [0.717, 1.165) is 36.2 Å². The zero-order valence-corrected chi connectivity index (χ0v) is 19.8. The number of aryl methyl sites for hydroxylation is 2. The summed E-state index contributed by atoms with van der Waals surface area (Å²) in [6.07, 6.45) is 1.51. The number of nitrogens with zero attached hydrogens (tertiary/aromatic N) is 5. The van der Waals surface area contributed by atoms with E-state index in [-0.39, 0.29) is 22.1 Å². The number of benzene rings is 2. The van der Waals surface area contributed by atoms with Gasteiger partial charge < -0.3 is 10.1 Å². The van der Waals surface area contributed by atoms with Gasteiger partial charge in [-0.05, 0) is 52.7 Å². The van der Waals surface area contributed by atoms with Gasteiger partial charge in [0, 0.05) is 32.1 Å². The number of rotatable bonds is 11. The number of aromatic nitrogens is 4. The number of tetrazole rings is 1. The smallest absolute Gasteiger partial charge is 0.338 e. The molecule has 0 fully saturated rings. The fourth-order valence-corrected chi connectivity index (χ4v) is 3.81. The van der Waals surface area contributed by atoms with E-state index < -0.39 is 23.3 Å². The van der Waals surface area contributed by atoms with Crippen molar-refractivity contribution in [1.82, 2.24) is 25.5 Å². The first kappa shape index (κ1) is 25.5. The van der Waals surface area contributed by atoms with Crippen LogP contribution in [0.4, 0.5) is 5.69 Å². The Morgan fingerprint density at radius 3 is 2.49 bits per heavy atom. The van der Waals surface area contributed by atoms with Gasteiger partial charge in [0.15, 0.2) is 12.4 Å². The van der Waals surface area contributed by atoms with Crippen LogP contribution in [-0.2, 0) is 23.0 Å². The lowest BCUT2D eigenvalue weighted by molar-refractivity contribution is -0.387. The Balaban J connectivity index is 1.58. The molecule has 0 aliphatic carbocycles. The molecule has 1 N–H and O–H groups in total. The van der Waals surface area contributed by atoms with Gasteiger partial charge in [-0.1, -0.05) is 24.3 Å². The van der Waals surface area contributed by atoms with Crippen molar-refractivity contribution in [3.8, 4) is 0 Å². The van der Waals surface area contributed by atoms with Gasteiger partial charge >= 0.3 is 5.97 Å². The molecule has 12 nitrogen and oxygen atoms in total. The normalized spacial score (nSPS) is 10.6. The second-order valence-corrected chi connectivity index (χ2v) is 8.42. The average molecular weight is 499 g/mol. The summed E-state index contributed by atoms with van der Waals surface area (Å²) >= 11 is 0.981. The second-order valence-electron chi connectivity index (χ2n) is 7.41. The number of hydrogen-bond acceptors (Lipinski definition) is 10. The molecular weight excluding hydrogens is 476 g/mol. The van der Waals surface area contributed by atoms with Crippen molar-refractivity contribution in [3.05, 3.63) is 69.3 Å². The highest BCUT2D eigenvalue weighted by atomic mass is 32.2. The zero-order chi connectivity index (χ0) is 25.4. The number of ketones is 1. The number of hydrogen-bond donors (Lipinski definition) is 1. The number of nitrogens with one attached hydrogen (secondary N) is 1. The largest absolute Gasteiger partial charge is 0.454 e. The topological polar surface area (TPSA) is 159 Å². The van der Waals surface area contributed by atoms with Crippen LogP contribution in [0, 0.1) is 10.1 Å². The molecule has 1 amide bonds. The van der Waals surface area contributed by atoms with Gasteiger partial charge in [-0.15, -0.1) is 5.10 Å². The van der Waals surface area contributed by atoms with Crippen molar-refractivity contribution in [1.29, 1.82) is 0 Å². The van der Waals surface area contributed by atoms with Gasteiger partial charge in [0.2, 0.25) is 11.1 Å². The van der Waals surface area contributed by atoms with Crippen LogP contribution in [0.25, 0.3) is 0 Å². The van der Waals surface area contributed by atoms with E-state index in [2.05, 4.69) is 20.8 Å². The molecule has 0 aliphatic heterocycles. The first-order valence-corrected chi connectivity index (χ1v) is 11.3. The first-order valence-electron chi connectivity index (χ1n) is 10.5. The molecule has 0 unspecified atom stereocenters. The number of esters is 1. The number of ether oxygens (including phenoxy) is 1. The van der Waals surface area contributed by atoms with E-state index in [9.17, 15) is 24.5 Å². The van der Waals surface area contributed by atoms with Crippen LogP contribution >= 0.6 is 11.8 Å². The SMILES string of the molecule is CC(=O)NCCCc1ccc(C(=O)COC(=O)c2ccc(Sc3nnnn3C)c([N+](=O)[O-])c2)cc1. The summed E-state index contributed by atoms with van der Waals surface area (Å²) in [5.74, 6) is -1.34. The summed E-state index contributed by atoms with van der Waals surface area (Å²) in [5.41, 5.74) is 1.01. The third-order valence-corrected chi connectivity index (χ3v) is 5.89. The highest BCUT2D eigenvalue weighted by Crippen LogP contribution is 2.34. The fourth-order valence-electron chi connectivity index (χ4n) is 2.99. The van der Waals surface area contributed by atoms with Crippen LogP contribution in [-0.4, -0.2) is 55.9 Å². The van der Waals surface area contributed by atoms with E-state index >= 15 is 0 Å². The van der Waals surface area contributed by atoms with Crippen molar-refractivity contribution in [2.45, 2.75) is 29.8 Å². The van der Waals surface area contributed by atoms with E-state index in [1.54, 1.807) is 31.3 Å². The van der Waals surface area contributed by atoms with Crippen molar-refractivity contribution in [3.63, 3.8) is 0 Å². The Bertz CT molecular complexity index is 1240. The summed E-state index contributed by atoms with van der Waals surface area (Å²) in [6.45, 7) is 1.53. The zero-order valence-electron chi connectivity index (χ0n) is 19.0. The number of carbonyl (C=O) groups is 3. The van der Waals surface area contributed by atoms with Crippen LogP contribution in [0.1, 0.15) is 39.6 Å². The third kappa shape index (κ3) is 7.17. The summed E-state index contributed by atoms with van der Waals surface area (Å²) in [5, 5.41) is 25.5. The molecule has 0 bridgehead atoms. The molecule has 13 heteroatoms. The van der Waals surface area contributed by atoms with Gasteiger partial charge in [0.1, 0.15) is 0 Å². The predicted molar refractivity (Wildman–Crippen MR) is 124 cm³/mol. The van der Waals surface area contributed by atoms with Gasteiger partial charge in [-0.2, -0.15) is 0 Å². The molecule has 3 rings (SSSR count). The van der Waals surface area contributed by atoms with Crippen LogP contribution in [0.2, 0.25) is 0 Å². The summed E-state index contributed by atoms with van der Waals surface area (Å²) < 4.78 is 6.44. The maximum absolute atomic E-state index is 12.4. The maximum atomic E-state index is 12.4. The minimum Gasteiger partial charge on any atom is -0.454 e. The van der Waals surface area contributed by atoms with E-state index in [4.69, 9.17) is 4.74 Å². The Kier molecular flexibility index (Phi) is 8.62. The van der Waals surface area contributed by atoms with Crippen LogP contribution < -0.4 is 5.32 Å². The van der Waals surface area contributed by atoms with Crippen LogP contribution in [0.5, 0.6) is 0 Å². The molecule has 1 heterocycles. The van der Waals surface area contributed by atoms with Crippen molar-refractivity contribution >= 4 is 35.1 Å². The molecular formula is C22H22N6O6S. The minimum atomic E-state index is -0.854. The summed E-state index contributed by atoms with van der Waals surface area (Å²) in [7, 11) is 1.60. The lowest BCUT2D eigenvalue weighted by Crippen LogP contribution is -2.21. The Hall–Kier alpha value is -4.13. The van der Waals surface area contributed by atoms with Crippen molar-refractivity contribution in [2.24, 2.45) is 7.05 Å². The second kappa shape index (κ2) is 11.8. The Morgan fingerprint density at radius 2 is 1.86 bits per heavy atom. The van der Waals surface area contributed by atoms with Gasteiger partial charge in [0.25, 0.3) is 5.69 Å². The molecule has 1 aromatic heterocycles.